The second kappa shape index (κ2) is 4.40. The maximum Gasteiger partial charge on any atom is 0.0777 e. The van der Waals surface area contributed by atoms with Gasteiger partial charge in [-0.1, -0.05) is 0 Å². The van der Waals surface area contributed by atoms with Crippen LogP contribution in [0.1, 0.15) is 40.5 Å². The minimum Gasteiger partial charge on any atom is -0.391 e. The number of methoxy groups -OCH3 is 1. The van der Waals surface area contributed by atoms with Crippen molar-refractivity contribution in [1.82, 2.24) is 0 Å². The average Bonchev–Trinajstić information content (AvgIpc) is 2.19. The highest BCUT2D eigenvalue weighted by Crippen LogP contribution is 2.43. The van der Waals surface area contributed by atoms with Crippen molar-refractivity contribution in [3.63, 3.8) is 0 Å². The predicted molar refractivity (Wildman–Crippen MR) is 59.8 cm³/mol. The van der Waals surface area contributed by atoms with Crippen LogP contribution in [0, 0.1) is 5.92 Å². The van der Waals surface area contributed by atoms with E-state index in [1.54, 1.807) is 7.11 Å². The van der Waals surface area contributed by atoms with E-state index in [9.17, 15) is 5.11 Å². The lowest BCUT2D eigenvalue weighted by molar-refractivity contribution is -0.0796. The molecule has 1 fully saturated rings. The first-order chi connectivity index (χ1) is 6.77. The van der Waals surface area contributed by atoms with Crippen LogP contribution < -0.4 is 0 Å². The number of hydrogen-bond donors (Lipinski definition) is 1. The zero-order valence-electron chi connectivity index (χ0n) is 10.5. The molecule has 15 heavy (non-hydrogen) atoms. The Hall–Kier alpha value is -0.120. The summed E-state index contributed by atoms with van der Waals surface area (Å²) in [5.74, 6) is 0.401. The van der Waals surface area contributed by atoms with E-state index < -0.39 is 0 Å². The van der Waals surface area contributed by atoms with E-state index >= 15 is 0 Å². The zero-order chi connectivity index (χ0) is 11.7. The standard InChI is InChI=1S/C12H24O3/c1-11(2)7-9(12(3,4)15-11)6-10(13)8-14-5/h9-10,13H,6-8H2,1-5H3. The number of rotatable bonds is 4. The molecule has 1 aliphatic heterocycles. The molecule has 0 spiro atoms. The van der Waals surface area contributed by atoms with Gasteiger partial charge in [0, 0.05) is 7.11 Å². The van der Waals surface area contributed by atoms with Crippen LogP contribution in [-0.2, 0) is 9.47 Å². The fourth-order valence-electron chi connectivity index (χ4n) is 2.63. The molecule has 0 aromatic heterocycles. The predicted octanol–water partition coefficient (Wildman–Crippen LogP) is 1.98. The van der Waals surface area contributed by atoms with Gasteiger partial charge in [0.15, 0.2) is 0 Å². The second-order valence-electron chi connectivity index (χ2n) is 5.71. The Kier molecular flexibility index (Phi) is 3.80. The Morgan fingerprint density at radius 2 is 2.00 bits per heavy atom. The average molecular weight is 216 g/mol. The van der Waals surface area contributed by atoms with Crippen molar-refractivity contribution in [2.75, 3.05) is 13.7 Å². The summed E-state index contributed by atoms with van der Waals surface area (Å²) in [7, 11) is 1.61. The maximum absolute atomic E-state index is 9.73. The Balaban J connectivity index is 2.55. The smallest absolute Gasteiger partial charge is 0.0777 e. The van der Waals surface area contributed by atoms with E-state index in [4.69, 9.17) is 9.47 Å². The fraction of sp³-hybridized carbons (Fsp3) is 1.00. The molecule has 2 atom stereocenters. The van der Waals surface area contributed by atoms with Crippen LogP contribution in [0.2, 0.25) is 0 Å². The third-order valence-electron chi connectivity index (χ3n) is 3.18. The van der Waals surface area contributed by atoms with E-state index in [0.717, 1.165) is 12.8 Å². The van der Waals surface area contributed by atoms with Crippen LogP contribution in [0.5, 0.6) is 0 Å². The molecule has 0 amide bonds. The number of aliphatic hydroxyl groups excluding tert-OH is 1. The van der Waals surface area contributed by atoms with Gasteiger partial charge in [-0.25, -0.2) is 0 Å². The first-order valence-electron chi connectivity index (χ1n) is 5.64. The molecule has 1 heterocycles. The monoisotopic (exact) mass is 216 g/mol. The maximum atomic E-state index is 9.73. The minimum atomic E-state index is -0.378. The van der Waals surface area contributed by atoms with E-state index in [0.29, 0.717) is 12.5 Å². The molecule has 0 saturated carbocycles. The lowest BCUT2D eigenvalue weighted by atomic mass is 9.83. The summed E-state index contributed by atoms with van der Waals surface area (Å²) in [4.78, 5) is 0. The van der Waals surface area contributed by atoms with Crippen molar-refractivity contribution in [3.05, 3.63) is 0 Å². The Labute approximate surface area is 92.8 Å². The summed E-state index contributed by atoms with van der Waals surface area (Å²) >= 11 is 0. The molecule has 0 bridgehead atoms. The van der Waals surface area contributed by atoms with Gasteiger partial charge in [0.2, 0.25) is 0 Å². The van der Waals surface area contributed by atoms with Crippen molar-refractivity contribution in [2.45, 2.75) is 57.8 Å². The number of ether oxygens (including phenoxy) is 2. The van der Waals surface area contributed by atoms with Crippen molar-refractivity contribution in [2.24, 2.45) is 5.92 Å². The quantitative estimate of drug-likeness (QED) is 0.781. The van der Waals surface area contributed by atoms with Gasteiger partial charge < -0.3 is 14.6 Å². The van der Waals surface area contributed by atoms with Crippen LogP contribution in [0.3, 0.4) is 0 Å². The lowest BCUT2D eigenvalue weighted by Crippen LogP contribution is -2.32. The van der Waals surface area contributed by atoms with E-state index in [2.05, 4.69) is 27.7 Å². The third kappa shape index (κ3) is 3.44. The molecule has 1 saturated heterocycles. The van der Waals surface area contributed by atoms with Crippen LogP contribution in [0.4, 0.5) is 0 Å². The molecule has 3 nitrogen and oxygen atoms in total. The molecule has 0 aromatic rings. The fourth-order valence-corrected chi connectivity index (χ4v) is 2.63. The molecule has 1 rings (SSSR count). The molecule has 0 aliphatic carbocycles. The van der Waals surface area contributed by atoms with Gasteiger partial charge in [-0.15, -0.1) is 0 Å². The summed E-state index contributed by atoms with van der Waals surface area (Å²) in [5.41, 5.74) is -0.209. The van der Waals surface area contributed by atoms with Crippen molar-refractivity contribution in [1.29, 1.82) is 0 Å². The van der Waals surface area contributed by atoms with Crippen molar-refractivity contribution >= 4 is 0 Å². The molecule has 0 radical (unpaired) electrons. The molecule has 90 valence electrons. The first kappa shape index (κ1) is 12.9. The molecular formula is C12H24O3. The summed E-state index contributed by atoms with van der Waals surface area (Å²) in [6.45, 7) is 8.83. The highest BCUT2D eigenvalue weighted by atomic mass is 16.5. The van der Waals surface area contributed by atoms with Crippen LogP contribution >= 0.6 is 0 Å². The van der Waals surface area contributed by atoms with Crippen LogP contribution in [0.15, 0.2) is 0 Å². The molecule has 1 aliphatic rings. The van der Waals surface area contributed by atoms with Gasteiger partial charge in [-0.05, 0) is 46.5 Å². The topological polar surface area (TPSA) is 38.7 Å². The molecule has 2 unspecified atom stereocenters. The van der Waals surface area contributed by atoms with Crippen molar-refractivity contribution in [3.8, 4) is 0 Å². The molecule has 0 aromatic carbocycles. The van der Waals surface area contributed by atoms with Gasteiger partial charge in [0.25, 0.3) is 0 Å². The summed E-state index contributed by atoms with van der Waals surface area (Å²) < 4.78 is 10.9. The van der Waals surface area contributed by atoms with Gasteiger partial charge in [-0.2, -0.15) is 0 Å². The number of aliphatic hydroxyl groups is 1. The van der Waals surface area contributed by atoms with Crippen molar-refractivity contribution < 1.29 is 14.6 Å². The Morgan fingerprint density at radius 3 is 2.40 bits per heavy atom. The minimum absolute atomic E-state index is 0.0685. The highest BCUT2D eigenvalue weighted by molar-refractivity contribution is 4.94. The summed E-state index contributed by atoms with van der Waals surface area (Å²) in [6, 6.07) is 0. The zero-order valence-corrected chi connectivity index (χ0v) is 10.5. The molecular weight excluding hydrogens is 192 g/mol. The van der Waals surface area contributed by atoms with E-state index in [1.165, 1.54) is 0 Å². The van der Waals surface area contributed by atoms with Crippen LogP contribution in [-0.4, -0.2) is 36.1 Å². The SMILES string of the molecule is COCC(O)CC1CC(C)(C)OC1(C)C. The van der Waals surface area contributed by atoms with Gasteiger partial charge in [0.05, 0.1) is 23.9 Å². The lowest BCUT2D eigenvalue weighted by Gasteiger charge is -2.28. The summed E-state index contributed by atoms with van der Waals surface area (Å²) in [6.07, 6.45) is 1.38. The van der Waals surface area contributed by atoms with E-state index in [-0.39, 0.29) is 17.3 Å². The van der Waals surface area contributed by atoms with Gasteiger partial charge in [-0.3, -0.25) is 0 Å². The van der Waals surface area contributed by atoms with E-state index in [1.807, 2.05) is 0 Å². The van der Waals surface area contributed by atoms with Gasteiger partial charge >= 0.3 is 0 Å². The largest absolute Gasteiger partial charge is 0.391 e. The van der Waals surface area contributed by atoms with Gasteiger partial charge in [0.1, 0.15) is 0 Å². The normalized spacial score (nSPS) is 30.4. The van der Waals surface area contributed by atoms with Crippen LogP contribution in [0.25, 0.3) is 0 Å². The Morgan fingerprint density at radius 1 is 1.40 bits per heavy atom. The second-order valence-corrected chi connectivity index (χ2v) is 5.71. The molecule has 3 heteroatoms. The molecule has 1 N–H and O–H groups in total. The first-order valence-corrected chi connectivity index (χ1v) is 5.64. The third-order valence-corrected chi connectivity index (χ3v) is 3.18. The number of hydrogen-bond acceptors (Lipinski definition) is 3. The summed E-state index contributed by atoms with van der Waals surface area (Å²) in [5, 5.41) is 9.73. The highest BCUT2D eigenvalue weighted by Gasteiger charge is 2.46. The Bertz CT molecular complexity index is 211.